The number of esters is 1. The molecule has 0 spiro atoms. The van der Waals surface area contributed by atoms with Crippen molar-refractivity contribution in [3.05, 3.63) is 47.5 Å². The highest BCUT2D eigenvalue weighted by Crippen LogP contribution is 2.42. The molecule has 2 aromatic carbocycles. The first-order valence-corrected chi connectivity index (χ1v) is 14.6. The SMILES string of the molecule is COC(=O)CCCSSC(C)(C)COC(=O)N1CC2Cc3ccccc3N2C(=O)c2cc(OC)c(O)cc21. The number of carbonyl (C=O) groups excluding carboxylic acids is 3. The van der Waals surface area contributed by atoms with E-state index in [4.69, 9.17) is 9.47 Å². The molecular weight excluding hydrogens is 528 g/mol. The Bertz CT molecular complexity index is 1220. The number of hydrogen-bond acceptors (Lipinski definition) is 9. The number of benzene rings is 2. The van der Waals surface area contributed by atoms with Crippen molar-refractivity contribution in [1.82, 2.24) is 0 Å². The Labute approximate surface area is 230 Å². The summed E-state index contributed by atoms with van der Waals surface area (Å²) < 4.78 is 15.3. The highest BCUT2D eigenvalue weighted by atomic mass is 33.1. The summed E-state index contributed by atoms with van der Waals surface area (Å²) in [6.45, 7) is 4.30. The van der Waals surface area contributed by atoms with Crippen molar-refractivity contribution >= 4 is 50.9 Å². The number of fused-ring (bicyclic) bond motifs is 4. The molecule has 4 rings (SSSR count). The van der Waals surface area contributed by atoms with Crippen molar-refractivity contribution in [2.24, 2.45) is 0 Å². The summed E-state index contributed by atoms with van der Waals surface area (Å²) in [5.41, 5.74) is 2.39. The van der Waals surface area contributed by atoms with Crippen LogP contribution in [-0.2, 0) is 20.7 Å². The van der Waals surface area contributed by atoms with Crippen LogP contribution in [0.15, 0.2) is 36.4 Å². The number of rotatable bonds is 9. The molecule has 2 amide bonds. The van der Waals surface area contributed by atoms with Crippen molar-refractivity contribution < 1.29 is 33.7 Å². The third-order valence-corrected chi connectivity index (χ3v) is 9.74. The van der Waals surface area contributed by atoms with Gasteiger partial charge in [0.1, 0.15) is 6.61 Å². The normalized spacial score (nSPS) is 16.3. The zero-order valence-electron chi connectivity index (χ0n) is 21.9. The van der Waals surface area contributed by atoms with Crippen molar-refractivity contribution in [3.63, 3.8) is 0 Å². The number of anilines is 2. The number of hydrogen-bond donors (Lipinski definition) is 1. The Balaban J connectivity index is 1.51. The third kappa shape index (κ3) is 5.99. The first-order valence-electron chi connectivity index (χ1n) is 12.3. The molecule has 204 valence electrons. The molecule has 2 aliphatic rings. The van der Waals surface area contributed by atoms with E-state index >= 15 is 0 Å². The highest BCUT2D eigenvalue weighted by Gasteiger charge is 2.42. The van der Waals surface area contributed by atoms with Gasteiger partial charge in [-0.05, 0) is 44.4 Å². The van der Waals surface area contributed by atoms with Gasteiger partial charge in [-0.3, -0.25) is 14.5 Å². The lowest BCUT2D eigenvalue weighted by atomic mass is 10.1. The van der Waals surface area contributed by atoms with Crippen LogP contribution in [0.2, 0.25) is 0 Å². The second kappa shape index (κ2) is 11.8. The summed E-state index contributed by atoms with van der Waals surface area (Å²) in [7, 11) is 5.98. The predicted molar refractivity (Wildman–Crippen MR) is 149 cm³/mol. The number of carbonyl (C=O) groups is 3. The Morgan fingerprint density at radius 2 is 1.92 bits per heavy atom. The van der Waals surface area contributed by atoms with E-state index < -0.39 is 10.8 Å². The second-order valence-corrected chi connectivity index (χ2v) is 12.8. The molecule has 2 heterocycles. The molecule has 2 aliphatic heterocycles. The smallest absolute Gasteiger partial charge is 0.414 e. The Morgan fingerprint density at radius 3 is 2.66 bits per heavy atom. The summed E-state index contributed by atoms with van der Waals surface area (Å²) in [4.78, 5) is 41.7. The van der Waals surface area contributed by atoms with Crippen molar-refractivity contribution in [2.45, 2.75) is 43.9 Å². The van der Waals surface area contributed by atoms with Gasteiger partial charge in [0, 0.05) is 23.9 Å². The van der Waals surface area contributed by atoms with E-state index in [9.17, 15) is 19.5 Å². The fourth-order valence-electron chi connectivity index (χ4n) is 4.53. The Hall–Kier alpha value is -3.05. The van der Waals surface area contributed by atoms with Gasteiger partial charge in [-0.15, -0.1) is 0 Å². The van der Waals surface area contributed by atoms with Crippen LogP contribution in [0.1, 0.15) is 42.6 Å². The first kappa shape index (κ1) is 28.0. The lowest BCUT2D eigenvalue weighted by molar-refractivity contribution is -0.140. The summed E-state index contributed by atoms with van der Waals surface area (Å²) in [5.74, 6) is 0.254. The van der Waals surface area contributed by atoms with Gasteiger partial charge in [0.25, 0.3) is 5.91 Å². The highest BCUT2D eigenvalue weighted by molar-refractivity contribution is 8.77. The van der Waals surface area contributed by atoms with E-state index in [1.807, 2.05) is 38.1 Å². The van der Waals surface area contributed by atoms with Gasteiger partial charge in [0.05, 0.1) is 42.8 Å². The molecule has 0 aromatic heterocycles. The average molecular weight is 561 g/mol. The molecule has 0 saturated heterocycles. The number of aromatic hydroxyl groups is 1. The fourth-order valence-corrected chi connectivity index (χ4v) is 7.00. The molecule has 0 bridgehead atoms. The van der Waals surface area contributed by atoms with E-state index in [0.29, 0.717) is 19.3 Å². The maximum Gasteiger partial charge on any atom is 0.414 e. The number of ether oxygens (including phenoxy) is 3. The quantitative estimate of drug-likeness (QED) is 0.256. The van der Waals surface area contributed by atoms with E-state index in [1.54, 1.807) is 26.5 Å². The van der Waals surface area contributed by atoms with Crippen LogP contribution in [0.4, 0.5) is 16.2 Å². The van der Waals surface area contributed by atoms with Crippen LogP contribution in [-0.4, -0.2) is 67.0 Å². The van der Waals surface area contributed by atoms with Gasteiger partial charge in [0.15, 0.2) is 11.5 Å². The van der Waals surface area contributed by atoms with Crippen molar-refractivity contribution in [3.8, 4) is 11.5 Å². The maximum absolute atomic E-state index is 13.8. The van der Waals surface area contributed by atoms with Gasteiger partial charge >= 0.3 is 12.1 Å². The van der Waals surface area contributed by atoms with Gasteiger partial charge in [0.2, 0.25) is 0 Å². The molecule has 1 N–H and O–H groups in total. The van der Waals surface area contributed by atoms with Crippen LogP contribution in [0.25, 0.3) is 0 Å². The summed E-state index contributed by atoms with van der Waals surface area (Å²) in [6.07, 6.45) is 1.08. The number of phenolic OH excluding ortho intramolecular Hbond substituents is 1. The number of nitrogens with zero attached hydrogens (tertiary/aromatic N) is 2. The minimum absolute atomic E-state index is 0.136. The topological polar surface area (TPSA) is 106 Å². The molecule has 9 nitrogen and oxygen atoms in total. The Morgan fingerprint density at radius 1 is 1.16 bits per heavy atom. The Kier molecular flexibility index (Phi) is 8.67. The molecule has 0 radical (unpaired) electrons. The molecule has 0 saturated carbocycles. The van der Waals surface area contributed by atoms with Crippen molar-refractivity contribution in [1.29, 1.82) is 0 Å². The molecule has 2 aromatic rings. The van der Waals surface area contributed by atoms with Crippen LogP contribution in [0.5, 0.6) is 11.5 Å². The van der Waals surface area contributed by atoms with Crippen LogP contribution >= 0.6 is 21.6 Å². The molecule has 1 atom stereocenters. The lowest BCUT2D eigenvalue weighted by Gasteiger charge is -2.28. The number of para-hydroxylation sites is 1. The minimum Gasteiger partial charge on any atom is -0.504 e. The molecule has 0 aliphatic carbocycles. The van der Waals surface area contributed by atoms with E-state index in [0.717, 1.165) is 17.0 Å². The van der Waals surface area contributed by atoms with Gasteiger partial charge in [-0.25, -0.2) is 4.79 Å². The zero-order valence-corrected chi connectivity index (χ0v) is 23.5. The monoisotopic (exact) mass is 560 g/mol. The maximum atomic E-state index is 13.8. The fraction of sp³-hybridized carbons (Fsp3) is 0.444. The van der Waals surface area contributed by atoms with Crippen LogP contribution in [0.3, 0.4) is 0 Å². The second-order valence-electron chi connectivity index (χ2n) is 9.71. The summed E-state index contributed by atoms with van der Waals surface area (Å²) in [6, 6.07) is 10.3. The van der Waals surface area contributed by atoms with E-state index in [1.165, 1.54) is 31.3 Å². The number of methoxy groups -OCH3 is 2. The third-order valence-electron chi connectivity index (χ3n) is 6.39. The molecule has 11 heteroatoms. The zero-order chi connectivity index (χ0) is 27.4. The first-order chi connectivity index (χ1) is 18.1. The standard InChI is InChI=1S/C27H32N2O7S2/c1-27(2,38-37-11-7-10-24(31)35-4)16-36-26(33)28-15-18-12-17-8-5-6-9-20(17)29(18)25(32)19-13-23(34-3)22(30)14-21(19)28/h5-6,8-9,13-14,18,30H,7,10-12,15-16H2,1-4H3. The van der Waals surface area contributed by atoms with Crippen molar-refractivity contribution in [2.75, 3.05) is 42.9 Å². The van der Waals surface area contributed by atoms with Crippen LogP contribution < -0.4 is 14.5 Å². The van der Waals surface area contributed by atoms with Gasteiger partial charge < -0.3 is 24.2 Å². The average Bonchev–Trinajstić information content (AvgIpc) is 3.22. The van der Waals surface area contributed by atoms with E-state index in [-0.39, 0.29) is 53.8 Å². The largest absolute Gasteiger partial charge is 0.504 e. The summed E-state index contributed by atoms with van der Waals surface area (Å²) in [5, 5.41) is 10.5. The lowest BCUT2D eigenvalue weighted by Crippen LogP contribution is -2.44. The molecule has 38 heavy (non-hydrogen) atoms. The molecular formula is C27H32N2O7S2. The summed E-state index contributed by atoms with van der Waals surface area (Å²) >= 11 is 0. The number of phenols is 1. The predicted octanol–water partition coefficient (Wildman–Crippen LogP) is 5.04. The van der Waals surface area contributed by atoms with Gasteiger partial charge in [-0.1, -0.05) is 39.8 Å². The van der Waals surface area contributed by atoms with Gasteiger partial charge in [-0.2, -0.15) is 0 Å². The van der Waals surface area contributed by atoms with E-state index in [2.05, 4.69) is 4.74 Å². The molecule has 1 unspecified atom stereocenters. The van der Waals surface area contributed by atoms with Crippen LogP contribution in [0, 0.1) is 0 Å². The number of amides is 2. The minimum atomic E-state index is -0.592. The molecule has 0 fully saturated rings.